The van der Waals surface area contributed by atoms with Crippen molar-refractivity contribution in [2.75, 3.05) is 0 Å². The molecule has 5 rings (SSSR count). The number of fused-ring (bicyclic) bond motifs is 1. The van der Waals surface area contributed by atoms with Crippen LogP contribution in [0.4, 0.5) is 0 Å². The number of rotatable bonds is 8. The van der Waals surface area contributed by atoms with Gasteiger partial charge in [-0.3, -0.25) is 19.5 Å². The number of benzene rings is 2. The molecule has 0 fully saturated rings. The number of nitrogens with two attached hydrogens (primary N) is 1. The summed E-state index contributed by atoms with van der Waals surface area (Å²) in [5, 5.41) is 19.9. The molecule has 0 spiro atoms. The van der Waals surface area contributed by atoms with Crippen molar-refractivity contribution >= 4 is 11.9 Å². The number of imidazole rings is 1. The second-order valence-corrected chi connectivity index (χ2v) is 9.45. The zero-order valence-electron chi connectivity index (χ0n) is 20.6. The lowest BCUT2D eigenvalue weighted by Crippen LogP contribution is -2.64. The summed E-state index contributed by atoms with van der Waals surface area (Å²) in [7, 11) is 0. The monoisotopic (exact) mass is 506 g/mol. The fraction of sp³-hybridized carbons (Fsp3) is 0.207. The number of pyridine rings is 1. The molecule has 9 heteroatoms. The molecule has 3 N–H and O–H groups in total. The third-order valence-corrected chi connectivity index (χ3v) is 7.23. The van der Waals surface area contributed by atoms with E-state index < -0.39 is 23.3 Å². The summed E-state index contributed by atoms with van der Waals surface area (Å²) in [6.07, 6.45) is 6.66. The minimum atomic E-state index is -2.08. The lowest BCUT2D eigenvalue weighted by Gasteiger charge is -2.45. The Kier molecular flexibility index (Phi) is 6.73. The number of carbonyl (C=O) groups excluding carboxylic acids is 1. The molecule has 1 aliphatic rings. The van der Waals surface area contributed by atoms with Gasteiger partial charge in [0.15, 0.2) is 0 Å². The van der Waals surface area contributed by atoms with Crippen LogP contribution in [0.3, 0.4) is 0 Å². The van der Waals surface area contributed by atoms with E-state index in [4.69, 9.17) is 11.0 Å². The topological polar surface area (TPSA) is 138 Å². The standard InChI is InChI=1S/C29H26N6O3/c30-13-20-7-9-21(10-8-20)16-35-19-33-15-26(35)29(27(31)36,28(37)38)25-12-23-5-1-2-6-24(23)18-34(25)17-22-4-3-11-32-14-22/h1-11,14-15,19,25H,12,16-18H2,(H2,31,36)(H,37,38). The summed E-state index contributed by atoms with van der Waals surface area (Å²) >= 11 is 0. The number of nitriles is 1. The van der Waals surface area contributed by atoms with Crippen LogP contribution in [-0.4, -0.2) is 42.5 Å². The van der Waals surface area contributed by atoms with E-state index in [0.717, 1.165) is 22.3 Å². The van der Waals surface area contributed by atoms with Crippen LogP contribution in [-0.2, 0) is 41.1 Å². The molecule has 190 valence electrons. The summed E-state index contributed by atoms with van der Waals surface area (Å²) in [5.74, 6) is -2.28. The Balaban J connectivity index is 1.63. The average Bonchev–Trinajstić information content (AvgIpc) is 3.38. The zero-order valence-corrected chi connectivity index (χ0v) is 20.6. The lowest BCUT2D eigenvalue weighted by molar-refractivity contribution is -0.153. The van der Waals surface area contributed by atoms with Gasteiger partial charge in [-0.1, -0.05) is 42.5 Å². The van der Waals surface area contributed by atoms with Crippen molar-refractivity contribution in [3.05, 3.63) is 119 Å². The van der Waals surface area contributed by atoms with Crippen molar-refractivity contribution in [3.63, 3.8) is 0 Å². The molecule has 2 aromatic heterocycles. The van der Waals surface area contributed by atoms with Gasteiger partial charge in [0.05, 0.1) is 23.7 Å². The molecule has 1 aliphatic heterocycles. The maximum atomic E-state index is 13.4. The van der Waals surface area contributed by atoms with Crippen molar-refractivity contribution in [2.45, 2.75) is 37.5 Å². The van der Waals surface area contributed by atoms with Gasteiger partial charge in [-0.15, -0.1) is 0 Å². The Morgan fingerprint density at radius 3 is 2.42 bits per heavy atom. The molecule has 2 atom stereocenters. The molecule has 38 heavy (non-hydrogen) atoms. The number of carboxylic acid groups (broad SMARTS) is 1. The quantitative estimate of drug-likeness (QED) is 0.350. The van der Waals surface area contributed by atoms with Gasteiger partial charge in [-0.2, -0.15) is 5.26 Å². The zero-order chi connectivity index (χ0) is 26.7. The van der Waals surface area contributed by atoms with Crippen molar-refractivity contribution in [3.8, 4) is 6.07 Å². The van der Waals surface area contributed by atoms with Crippen LogP contribution in [0.1, 0.15) is 33.5 Å². The molecule has 2 unspecified atom stereocenters. The summed E-state index contributed by atoms with van der Waals surface area (Å²) < 4.78 is 1.66. The molecule has 0 saturated carbocycles. The molecular weight excluding hydrogens is 480 g/mol. The van der Waals surface area contributed by atoms with Gasteiger partial charge >= 0.3 is 5.97 Å². The van der Waals surface area contributed by atoms with E-state index in [-0.39, 0.29) is 12.2 Å². The minimum absolute atomic E-state index is 0.211. The molecule has 0 saturated heterocycles. The maximum absolute atomic E-state index is 13.4. The van der Waals surface area contributed by atoms with Crippen LogP contribution in [0.15, 0.2) is 85.6 Å². The van der Waals surface area contributed by atoms with Gasteiger partial charge in [0.1, 0.15) is 0 Å². The van der Waals surface area contributed by atoms with Gasteiger partial charge < -0.3 is 15.4 Å². The number of carboxylic acids is 1. The van der Waals surface area contributed by atoms with Gasteiger partial charge in [-0.25, -0.2) is 4.98 Å². The first kappa shape index (κ1) is 24.9. The van der Waals surface area contributed by atoms with E-state index in [0.29, 0.717) is 25.1 Å². The Morgan fingerprint density at radius 1 is 1.00 bits per heavy atom. The Bertz CT molecular complexity index is 1490. The fourth-order valence-electron chi connectivity index (χ4n) is 5.37. The number of aromatic nitrogens is 3. The Hall–Kier alpha value is -4.81. The van der Waals surface area contributed by atoms with Crippen LogP contribution in [0.25, 0.3) is 0 Å². The number of amides is 1. The third-order valence-electron chi connectivity index (χ3n) is 7.23. The van der Waals surface area contributed by atoms with E-state index >= 15 is 0 Å². The van der Waals surface area contributed by atoms with Crippen molar-refractivity contribution in [1.29, 1.82) is 5.26 Å². The highest BCUT2D eigenvalue weighted by Gasteiger charge is 2.57. The van der Waals surface area contributed by atoms with Crippen LogP contribution in [0.2, 0.25) is 0 Å². The van der Waals surface area contributed by atoms with Crippen molar-refractivity contribution in [2.24, 2.45) is 5.73 Å². The summed E-state index contributed by atoms with van der Waals surface area (Å²) in [4.78, 5) is 37.1. The lowest BCUT2D eigenvalue weighted by atomic mass is 9.71. The molecule has 1 amide bonds. The smallest absolute Gasteiger partial charge is 0.327 e. The molecule has 3 heterocycles. The highest BCUT2D eigenvalue weighted by atomic mass is 16.4. The van der Waals surface area contributed by atoms with Gasteiger partial charge in [-0.05, 0) is 46.9 Å². The summed E-state index contributed by atoms with van der Waals surface area (Å²) in [5.41, 5.74) is 8.45. The first-order valence-corrected chi connectivity index (χ1v) is 12.2. The summed E-state index contributed by atoms with van der Waals surface area (Å²) in [6.45, 7) is 1.09. The number of primary amides is 1. The predicted molar refractivity (Wildman–Crippen MR) is 138 cm³/mol. The second kappa shape index (κ2) is 10.3. The van der Waals surface area contributed by atoms with Crippen molar-refractivity contribution in [1.82, 2.24) is 19.4 Å². The minimum Gasteiger partial charge on any atom is -0.480 e. The second-order valence-electron chi connectivity index (χ2n) is 9.45. The van der Waals surface area contributed by atoms with E-state index in [1.165, 1.54) is 12.5 Å². The number of carbonyl (C=O) groups is 2. The normalized spacial score (nSPS) is 16.7. The summed E-state index contributed by atoms with van der Waals surface area (Å²) in [6, 6.07) is 19.9. The first-order valence-electron chi connectivity index (χ1n) is 12.2. The van der Waals surface area contributed by atoms with Crippen LogP contribution >= 0.6 is 0 Å². The van der Waals surface area contributed by atoms with E-state index in [1.807, 2.05) is 41.3 Å². The molecule has 0 aliphatic carbocycles. The molecule has 2 aromatic carbocycles. The van der Waals surface area contributed by atoms with E-state index in [1.54, 1.807) is 41.2 Å². The average molecular weight is 507 g/mol. The van der Waals surface area contributed by atoms with Gasteiger partial charge in [0.2, 0.25) is 11.3 Å². The Labute approximate surface area is 219 Å². The molecule has 0 radical (unpaired) electrons. The third kappa shape index (κ3) is 4.42. The predicted octanol–water partition coefficient (Wildman–Crippen LogP) is 2.63. The first-order chi connectivity index (χ1) is 18.4. The van der Waals surface area contributed by atoms with Gasteiger partial charge in [0, 0.05) is 44.3 Å². The molecular formula is C29H26N6O3. The Morgan fingerprint density at radius 2 is 1.76 bits per heavy atom. The van der Waals surface area contributed by atoms with Crippen molar-refractivity contribution < 1.29 is 14.7 Å². The number of aliphatic carboxylic acids is 1. The van der Waals surface area contributed by atoms with E-state index in [2.05, 4.69) is 16.0 Å². The molecule has 9 nitrogen and oxygen atoms in total. The fourth-order valence-corrected chi connectivity index (χ4v) is 5.37. The highest BCUT2D eigenvalue weighted by Crippen LogP contribution is 2.39. The number of hydrogen-bond acceptors (Lipinski definition) is 6. The van der Waals surface area contributed by atoms with Crippen LogP contribution in [0, 0.1) is 11.3 Å². The van der Waals surface area contributed by atoms with Crippen LogP contribution in [0.5, 0.6) is 0 Å². The highest BCUT2D eigenvalue weighted by molar-refractivity contribution is 6.08. The molecule has 0 bridgehead atoms. The SMILES string of the molecule is N#Cc1ccc(Cn2cncc2C(C(N)=O)(C(=O)O)C2Cc3ccccc3CN2Cc2cccnc2)cc1. The van der Waals surface area contributed by atoms with Crippen LogP contribution < -0.4 is 5.73 Å². The maximum Gasteiger partial charge on any atom is 0.327 e. The number of nitrogens with zero attached hydrogens (tertiary/aromatic N) is 5. The van der Waals surface area contributed by atoms with E-state index in [9.17, 15) is 14.7 Å². The molecule has 4 aromatic rings. The van der Waals surface area contributed by atoms with Gasteiger partial charge in [0.25, 0.3) is 0 Å². The number of hydrogen-bond donors (Lipinski definition) is 2. The largest absolute Gasteiger partial charge is 0.480 e.